The summed E-state index contributed by atoms with van der Waals surface area (Å²) in [5, 5.41) is 13.8. The first-order valence-electron chi connectivity index (χ1n) is 12.5. The van der Waals surface area contributed by atoms with Gasteiger partial charge in [0.15, 0.2) is 17.2 Å². The van der Waals surface area contributed by atoms with E-state index in [1.54, 1.807) is 28.8 Å². The number of benzene rings is 2. The van der Waals surface area contributed by atoms with Crippen LogP contribution in [0.25, 0.3) is 23.0 Å². The minimum absolute atomic E-state index is 0.0107. The zero-order valence-electron chi connectivity index (χ0n) is 20.9. The summed E-state index contributed by atoms with van der Waals surface area (Å²) in [7, 11) is 0. The average Bonchev–Trinajstić information content (AvgIpc) is 3.36. The van der Waals surface area contributed by atoms with Gasteiger partial charge in [0.05, 0.1) is 17.3 Å². The van der Waals surface area contributed by atoms with Crippen molar-refractivity contribution in [2.24, 2.45) is 0 Å². The highest BCUT2D eigenvalue weighted by atomic mass is 19.1. The molecule has 2 aromatic carbocycles. The number of ether oxygens (including phenoxy) is 1. The van der Waals surface area contributed by atoms with E-state index in [1.165, 1.54) is 11.6 Å². The van der Waals surface area contributed by atoms with Gasteiger partial charge in [-0.1, -0.05) is 37.3 Å². The van der Waals surface area contributed by atoms with Crippen LogP contribution in [0.2, 0.25) is 0 Å². The third kappa shape index (κ3) is 3.82. The van der Waals surface area contributed by atoms with Crippen molar-refractivity contribution in [2.45, 2.75) is 32.7 Å². The Morgan fingerprint density at radius 2 is 2.00 bits per heavy atom. The quantitative estimate of drug-likeness (QED) is 0.425. The van der Waals surface area contributed by atoms with Crippen LogP contribution in [-0.2, 0) is 17.6 Å². The second kappa shape index (κ2) is 9.09. The number of fused-ring (bicyclic) bond motifs is 3. The van der Waals surface area contributed by atoms with Crippen LogP contribution in [-0.4, -0.2) is 49.6 Å². The number of halogens is 1. The molecule has 4 aromatic rings. The summed E-state index contributed by atoms with van der Waals surface area (Å²) in [6.45, 7) is 4.37. The number of aliphatic carboxylic acids is 1. The Kier molecular flexibility index (Phi) is 5.71. The number of carboxylic acid groups (broad SMARTS) is 1. The molecule has 2 aromatic heterocycles. The van der Waals surface area contributed by atoms with Gasteiger partial charge >= 0.3 is 5.97 Å². The molecule has 2 aliphatic heterocycles. The van der Waals surface area contributed by atoms with Gasteiger partial charge in [-0.3, -0.25) is 4.79 Å². The number of rotatable bonds is 4. The van der Waals surface area contributed by atoms with Crippen LogP contribution in [0.15, 0.2) is 54.1 Å². The molecular formula is C29H25FN4O4. The maximum absolute atomic E-state index is 15.5. The minimum Gasteiger partial charge on any atom is -0.485 e. The predicted molar refractivity (Wildman–Crippen MR) is 138 cm³/mol. The van der Waals surface area contributed by atoms with Gasteiger partial charge < -0.3 is 14.7 Å². The van der Waals surface area contributed by atoms with Crippen LogP contribution in [0.1, 0.15) is 52.8 Å². The number of aromatic nitrogens is 3. The lowest BCUT2D eigenvalue weighted by atomic mass is 9.93. The van der Waals surface area contributed by atoms with Crippen LogP contribution in [0, 0.1) is 5.82 Å². The molecular weight excluding hydrogens is 487 g/mol. The average molecular weight is 513 g/mol. The number of carbonyl (C=O) groups excluding carboxylic acids is 1. The summed E-state index contributed by atoms with van der Waals surface area (Å²) in [6, 6.07) is 14.7. The van der Waals surface area contributed by atoms with Crippen LogP contribution in [0.3, 0.4) is 0 Å². The van der Waals surface area contributed by atoms with Gasteiger partial charge in [0.2, 0.25) is 0 Å². The van der Waals surface area contributed by atoms with Crippen molar-refractivity contribution in [1.82, 2.24) is 19.5 Å². The van der Waals surface area contributed by atoms with Crippen LogP contribution < -0.4 is 4.74 Å². The maximum atomic E-state index is 15.5. The van der Waals surface area contributed by atoms with Gasteiger partial charge in [0, 0.05) is 29.4 Å². The molecule has 4 heterocycles. The molecule has 1 atom stereocenters. The Morgan fingerprint density at radius 3 is 2.79 bits per heavy atom. The lowest BCUT2D eigenvalue weighted by Crippen LogP contribution is -2.39. The highest BCUT2D eigenvalue weighted by Crippen LogP contribution is 2.36. The van der Waals surface area contributed by atoms with Crippen molar-refractivity contribution in [2.75, 3.05) is 13.2 Å². The lowest BCUT2D eigenvalue weighted by molar-refractivity contribution is -0.133. The first-order chi connectivity index (χ1) is 18.4. The van der Waals surface area contributed by atoms with Gasteiger partial charge in [0.25, 0.3) is 5.91 Å². The van der Waals surface area contributed by atoms with E-state index in [0.29, 0.717) is 35.6 Å². The SMILES string of the molecule is CCc1cc(C(=O)N2CCc3ccccc3[C@H]2C)nc2cc(-c3ccc4c(c3F)OCC(C(=O)O)=C4)nn12. The first-order valence-corrected chi connectivity index (χ1v) is 12.5. The number of hydrogen-bond donors (Lipinski definition) is 1. The normalized spacial score (nSPS) is 16.4. The Morgan fingerprint density at radius 1 is 1.18 bits per heavy atom. The molecule has 0 fully saturated rings. The molecule has 1 amide bonds. The summed E-state index contributed by atoms with van der Waals surface area (Å²) < 4.78 is 22.5. The van der Waals surface area contributed by atoms with E-state index < -0.39 is 11.8 Å². The Hall–Kier alpha value is -4.53. The standard InChI is InChI=1S/C29H25FN4O4/c1-3-20-13-24(28(35)33-11-10-17-6-4-5-7-21(17)16(33)2)31-25-14-23(32-34(20)25)22-9-8-18-12-19(29(36)37)15-38-27(18)26(22)30/h4-9,12-14,16H,3,10-11,15H2,1-2H3,(H,36,37)/t16-/m1/s1. The van der Waals surface area contributed by atoms with E-state index in [4.69, 9.17) is 4.74 Å². The second-order valence-corrected chi connectivity index (χ2v) is 9.52. The molecule has 192 valence electrons. The number of carboxylic acids is 1. The summed E-state index contributed by atoms with van der Waals surface area (Å²) >= 11 is 0. The molecule has 9 heteroatoms. The van der Waals surface area contributed by atoms with E-state index in [1.807, 2.05) is 30.9 Å². The number of carbonyl (C=O) groups is 2. The topological polar surface area (TPSA) is 97.0 Å². The Bertz CT molecular complexity index is 1660. The molecule has 2 aliphatic rings. The van der Waals surface area contributed by atoms with Gasteiger partial charge in [-0.05, 0) is 49.1 Å². The van der Waals surface area contributed by atoms with E-state index in [0.717, 1.165) is 17.7 Å². The molecule has 0 bridgehead atoms. The highest BCUT2D eigenvalue weighted by molar-refractivity contribution is 5.94. The van der Waals surface area contributed by atoms with Crippen LogP contribution in [0.4, 0.5) is 4.39 Å². The molecule has 0 aliphatic carbocycles. The fraction of sp³-hybridized carbons (Fsp3) is 0.241. The zero-order valence-corrected chi connectivity index (χ0v) is 20.9. The Balaban J connectivity index is 1.37. The third-order valence-electron chi connectivity index (χ3n) is 7.32. The molecule has 1 N–H and O–H groups in total. The molecule has 0 unspecified atom stereocenters. The summed E-state index contributed by atoms with van der Waals surface area (Å²) in [4.78, 5) is 31.3. The number of hydrogen-bond acceptors (Lipinski definition) is 5. The van der Waals surface area contributed by atoms with E-state index in [-0.39, 0.29) is 35.4 Å². The van der Waals surface area contributed by atoms with E-state index in [9.17, 15) is 14.7 Å². The summed E-state index contributed by atoms with van der Waals surface area (Å²) in [5.41, 5.74) is 4.91. The lowest BCUT2D eigenvalue weighted by Gasteiger charge is -2.35. The molecule has 0 radical (unpaired) electrons. The van der Waals surface area contributed by atoms with Gasteiger partial charge in [-0.25, -0.2) is 18.7 Å². The first kappa shape index (κ1) is 23.8. The minimum atomic E-state index is -1.10. The molecule has 0 spiro atoms. The molecule has 8 nitrogen and oxygen atoms in total. The van der Waals surface area contributed by atoms with E-state index in [2.05, 4.69) is 22.2 Å². The largest absolute Gasteiger partial charge is 0.485 e. The molecule has 38 heavy (non-hydrogen) atoms. The molecule has 0 saturated carbocycles. The van der Waals surface area contributed by atoms with Gasteiger partial charge in [-0.15, -0.1) is 0 Å². The van der Waals surface area contributed by atoms with E-state index >= 15 is 4.39 Å². The second-order valence-electron chi connectivity index (χ2n) is 9.52. The fourth-order valence-corrected chi connectivity index (χ4v) is 5.26. The predicted octanol–water partition coefficient (Wildman–Crippen LogP) is 4.72. The smallest absolute Gasteiger partial charge is 0.335 e. The molecule has 6 rings (SSSR count). The van der Waals surface area contributed by atoms with Gasteiger partial charge in [0.1, 0.15) is 12.3 Å². The monoisotopic (exact) mass is 512 g/mol. The van der Waals surface area contributed by atoms with Crippen molar-refractivity contribution >= 4 is 23.6 Å². The zero-order chi connectivity index (χ0) is 26.6. The highest BCUT2D eigenvalue weighted by Gasteiger charge is 2.30. The maximum Gasteiger partial charge on any atom is 0.335 e. The van der Waals surface area contributed by atoms with Crippen molar-refractivity contribution in [3.05, 3.63) is 88.0 Å². The third-order valence-corrected chi connectivity index (χ3v) is 7.32. The Labute approximate surface area is 218 Å². The van der Waals surface area contributed by atoms with Crippen LogP contribution in [0.5, 0.6) is 5.75 Å². The summed E-state index contributed by atoms with van der Waals surface area (Å²) in [5.74, 6) is -1.89. The van der Waals surface area contributed by atoms with Crippen molar-refractivity contribution in [1.29, 1.82) is 0 Å². The van der Waals surface area contributed by atoms with Crippen molar-refractivity contribution in [3.63, 3.8) is 0 Å². The molecule has 0 saturated heterocycles. The number of aryl methyl sites for hydroxylation is 1. The van der Waals surface area contributed by atoms with Gasteiger partial charge in [-0.2, -0.15) is 5.10 Å². The number of nitrogens with zero attached hydrogens (tertiary/aromatic N) is 4. The van der Waals surface area contributed by atoms with Crippen molar-refractivity contribution in [3.8, 4) is 17.0 Å². The van der Waals surface area contributed by atoms with Crippen LogP contribution >= 0.6 is 0 Å². The fourth-order valence-electron chi connectivity index (χ4n) is 5.26. The van der Waals surface area contributed by atoms with Crippen molar-refractivity contribution < 1.29 is 23.8 Å². The number of amides is 1. The summed E-state index contributed by atoms with van der Waals surface area (Å²) in [6.07, 6.45) is 2.79.